The summed E-state index contributed by atoms with van der Waals surface area (Å²) in [7, 11) is 0. The van der Waals surface area contributed by atoms with Crippen molar-refractivity contribution < 1.29 is 18.9 Å². The molecule has 0 spiro atoms. The van der Waals surface area contributed by atoms with Crippen molar-refractivity contribution in [1.82, 2.24) is 0 Å². The summed E-state index contributed by atoms with van der Waals surface area (Å²) in [6.45, 7) is 1.20. The van der Waals surface area contributed by atoms with Crippen molar-refractivity contribution in [3.8, 4) is 0 Å². The van der Waals surface area contributed by atoms with E-state index in [9.17, 15) is 24.1 Å². The maximum Gasteiger partial charge on any atom is 0.283 e. The Kier molecular flexibility index (Phi) is 3.44. The van der Waals surface area contributed by atoms with Crippen LogP contribution in [0.4, 0.5) is 10.1 Å². The summed E-state index contributed by atoms with van der Waals surface area (Å²) in [4.78, 5) is 31.9. The molecule has 84 valence electrons. The van der Waals surface area contributed by atoms with E-state index in [1.807, 2.05) is 0 Å². The Balaban J connectivity index is 3.17. The van der Waals surface area contributed by atoms with Crippen molar-refractivity contribution in [2.24, 2.45) is 0 Å². The monoisotopic (exact) mass is 225 g/mol. The number of Topliss-reactive ketones (excluding diaryl/α,β-unsaturated/α-hetero) is 2. The lowest BCUT2D eigenvalue weighted by atomic mass is 10.0. The average Bonchev–Trinajstić information content (AvgIpc) is 2.16. The van der Waals surface area contributed by atoms with E-state index in [-0.39, 0.29) is 5.56 Å². The van der Waals surface area contributed by atoms with Crippen molar-refractivity contribution in [3.05, 3.63) is 39.7 Å². The summed E-state index contributed by atoms with van der Waals surface area (Å²) in [5, 5.41) is 10.6. The van der Waals surface area contributed by atoms with Crippen LogP contribution in [0.15, 0.2) is 18.2 Å². The second-order valence-corrected chi connectivity index (χ2v) is 3.22. The molecule has 6 heteroatoms. The summed E-state index contributed by atoms with van der Waals surface area (Å²) in [6, 6.07) is 2.62. The van der Waals surface area contributed by atoms with Gasteiger partial charge in [-0.05, 0) is 19.1 Å². The Morgan fingerprint density at radius 3 is 2.56 bits per heavy atom. The maximum atomic E-state index is 12.8. The van der Waals surface area contributed by atoms with Crippen LogP contribution < -0.4 is 0 Å². The van der Waals surface area contributed by atoms with E-state index in [0.717, 1.165) is 12.1 Å². The molecular weight excluding hydrogens is 217 g/mol. The number of hydrogen-bond donors (Lipinski definition) is 0. The number of nitro groups is 1. The number of ketones is 2. The molecule has 0 heterocycles. The van der Waals surface area contributed by atoms with E-state index < -0.39 is 34.4 Å². The van der Waals surface area contributed by atoms with Gasteiger partial charge >= 0.3 is 0 Å². The van der Waals surface area contributed by atoms with Crippen LogP contribution in [0.2, 0.25) is 0 Å². The average molecular weight is 225 g/mol. The third-order valence-corrected chi connectivity index (χ3v) is 1.87. The summed E-state index contributed by atoms with van der Waals surface area (Å²) < 4.78 is 12.8. The normalized spacial score (nSPS) is 9.88. The Hall–Kier alpha value is -2.11. The molecule has 16 heavy (non-hydrogen) atoms. The maximum absolute atomic E-state index is 12.8. The van der Waals surface area contributed by atoms with Crippen LogP contribution in [0.3, 0.4) is 0 Å². The quantitative estimate of drug-likeness (QED) is 0.339. The molecule has 0 aliphatic rings. The Bertz CT molecular complexity index is 470. The van der Waals surface area contributed by atoms with Crippen molar-refractivity contribution in [1.29, 1.82) is 0 Å². The molecule has 1 aromatic carbocycles. The molecule has 0 saturated carbocycles. The minimum absolute atomic E-state index is 0.249. The second kappa shape index (κ2) is 4.61. The molecule has 1 aromatic rings. The highest BCUT2D eigenvalue weighted by Crippen LogP contribution is 2.21. The largest absolute Gasteiger partial charge is 0.300 e. The Morgan fingerprint density at radius 2 is 2.06 bits per heavy atom. The molecule has 0 radical (unpaired) electrons. The van der Waals surface area contributed by atoms with Gasteiger partial charge in [0.05, 0.1) is 23.0 Å². The molecule has 0 N–H and O–H groups in total. The molecule has 0 saturated heterocycles. The van der Waals surface area contributed by atoms with Crippen molar-refractivity contribution >= 4 is 17.3 Å². The van der Waals surface area contributed by atoms with Gasteiger partial charge in [0.1, 0.15) is 11.6 Å². The minimum Gasteiger partial charge on any atom is -0.300 e. The summed E-state index contributed by atoms with van der Waals surface area (Å²) in [5.41, 5.74) is -0.868. The molecular formula is C10H8FNO4. The number of nitrogens with zero attached hydrogens (tertiary/aromatic N) is 1. The number of carbonyl (C=O) groups excluding carboxylic acids is 2. The van der Waals surface area contributed by atoms with E-state index in [0.29, 0.717) is 6.07 Å². The number of carbonyl (C=O) groups is 2. The fourth-order valence-electron chi connectivity index (χ4n) is 1.21. The molecule has 1 rings (SSSR count). The first-order chi connectivity index (χ1) is 7.41. The van der Waals surface area contributed by atoms with Gasteiger partial charge in [0.25, 0.3) is 5.69 Å². The minimum atomic E-state index is -0.851. The molecule has 5 nitrogen and oxygen atoms in total. The Morgan fingerprint density at radius 1 is 1.44 bits per heavy atom. The SMILES string of the molecule is CC(=O)CC(=O)c1ccc(F)cc1[N+](=O)[O-]. The molecule has 0 fully saturated rings. The summed E-state index contributed by atoms with van der Waals surface area (Å²) in [6.07, 6.45) is -0.424. The highest BCUT2D eigenvalue weighted by molar-refractivity contribution is 6.09. The van der Waals surface area contributed by atoms with E-state index >= 15 is 0 Å². The number of benzene rings is 1. The van der Waals surface area contributed by atoms with E-state index in [1.54, 1.807) is 0 Å². The summed E-state index contributed by atoms with van der Waals surface area (Å²) >= 11 is 0. The number of nitro benzene ring substituents is 1. The number of hydrogen-bond acceptors (Lipinski definition) is 4. The predicted molar refractivity (Wildman–Crippen MR) is 52.7 cm³/mol. The first-order valence-corrected chi connectivity index (χ1v) is 4.38. The topological polar surface area (TPSA) is 77.3 Å². The van der Waals surface area contributed by atoms with E-state index in [4.69, 9.17) is 0 Å². The molecule has 0 aromatic heterocycles. The first kappa shape index (κ1) is 12.0. The van der Waals surface area contributed by atoms with Crippen molar-refractivity contribution in [3.63, 3.8) is 0 Å². The van der Waals surface area contributed by atoms with E-state index in [1.165, 1.54) is 6.92 Å². The van der Waals surface area contributed by atoms with Gasteiger partial charge in [-0.15, -0.1) is 0 Å². The van der Waals surface area contributed by atoms with Crippen LogP contribution in [0, 0.1) is 15.9 Å². The highest BCUT2D eigenvalue weighted by atomic mass is 19.1. The first-order valence-electron chi connectivity index (χ1n) is 4.38. The number of halogens is 1. The Labute approximate surface area is 90.0 Å². The zero-order valence-corrected chi connectivity index (χ0v) is 8.40. The molecule has 0 unspecified atom stereocenters. The predicted octanol–water partition coefficient (Wildman–Crippen LogP) is 1.90. The highest BCUT2D eigenvalue weighted by Gasteiger charge is 2.21. The molecule has 0 aliphatic carbocycles. The molecule has 0 aliphatic heterocycles. The van der Waals surface area contributed by atoms with Crippen LogP contribution in [-0.4, -0.2) is 16.5 Å². The molecule has 0 atom stereocenters. The lowest BCUT2D eigenvalue weighted by Gasteiger charge is -2.00. The van der Waals surface area contributed by atoms with E-state index in [2.05, 4.69) is 0 Å². The van der Waals surface area contributed by atoms with Crippen LogP contribution in [0.1, 0.15) is 23.7 Å². The third kappa shape index (κ3) is 2.69. The van der Waals surface area contributed by atoms with Crippen LogP contribution in [0.25, 0.3) is 0 Å². The van der Waals surface area contributed by atoms with Crippen LogP contribution >= 0.6 is 0 Å². The summed E-state index contributed by atoms with van der Waals surface area (Å²) in [5.74, 6) is -1.88. The zero-order valence-electron chi connectivity index (χ0n) is 8.40. The fraction of sp³-hybridized carbons (Fsp3) is 0.200. The van der Waals surface area contributed by atoms with Gasteiger partial charge in [0.2, 0.25) is 0 Å². The number of rotatable bonds is 4. The molecule has 0 amide bonds. The van der Waals surface area contributed by atoms with Crippen LogP contribution in [-0.2, 0) is 4.79 Å². The van der Waals surface area contributed by atoms with Crippen LogP contribution in [0.5, 0.6) is 0 Å². The van der Waals surface area contributed by atoms with Gasteiger partial charge in [0, 0.05) is 0 Å². The van der Waals surface area contributed by atoms with Gasteiger partial charge in [-0.1, -0.05) is 0 Å². The van der Waals surface area contributed by atoms with Gasteiger partial charge in [-0.25, -0.2) is 4.39 Å². The smallest absolute Gasteiger partial charge is 0.283 e. The van der Waals surface area contributed by atoms with Crippen molar-refractivity contribution in [2.45, 2.75) is 13.3 Å². The lowest BCUT2D eigenvalue weighted by Crippen LogP contribution is -2.08. The second-order valence-electron chi connectivity index (χ2n) is 3.22. The molecule has 0 bridgehead atoms. The van der Waals surface area contributed by atoms with Gasteiger partial charge in [-0.3, -0.25) is 19.7 Å². The fourth-order valence-corrected chi connectivity index (χ4v) is 1.21. The van der Waals surface area contributed by atoms with Gasteiger partial charge < -0.3 is 0 Å². The van der Waals surface area contributed by atoms with Gasteiger partial charge in [0.15, 0.2) is 5.78 Å². The zero-order chi connectivity index (χ0) is 12.3. The standard InChI is InChI=1S/C10H8FNO4/c1-6(13)4-10(14)8-3-2-7(11)5-9(8)12(15)16/h2-3,5H,4H2,1H3. The van der Waals surface area contributed by atoms with Gasteiger partial charge in [-0.2, -0.15) is 0 Å². The third-order valence-electron chi connectivity index (χ3n) is 1.87. The lowest BCUT2D eigenvalue weighted by molar-refractivity contribution is -0.385. The van der Waals surface area contributed by atoms with Crippen molar-refractivity contribution in [2.75, 3.05) is 0 Å².